The van der Waals surface area contributed by atoms with Gasteiger partial charge in [0, 0.05) is 10.0 Å². The SMILES string of the molecule is COc1ccc(N2C(=O)NC(=O)/C(=C\c3cc(Br)cc(Br)c3OS(=O)(=O)c3ccc(C)cc3)C2=O)cc1. The van der Waals surface area contributed by atoms with Crippen LogP contribution in [0.1, 0.15) is 11.1 Å². The summed E-state index contributed by atoms with van der Waals surface area (Å²) in [5.74, 6) is -1.48. The monoisotopic (exact) mass is 648 g/mol. The Morgan fingerprint density at radius 3 is 2.22 bits per heavy atom. The van der Waals surface area contributed by atoms with E-state index in [-0.39, 0.29) is 26.4 Å². The van der Waals surface area contributed by atoms with Crippen LogP contribution in [0.5, 0.6) is 11.5 Å². The molecule has 1 fully saturated rings. The number of benzene rings is 3. The van der Waals surface area contributed by atoms with E-state index in [0.29, 0.717) is 10.2 Å². The number of nitrogens with one attached hydrogen (secondary N) is 1. The summed E-state index contributed by atoms with van der Waals surface area (Å²) in [6.45, 7) is 1.82. The normalized spacial score (nSPS) is 15.1. The predicted octanol–water partition coefficient (Wildman–Crippen LogP) is 4.96. The summed E-state index contributed by atoms with van der Waals surface area (Å²) < 4.78 is 37.2. The molecule has 1 saturated heterocycles. The minimum Gasteiger partial charge on any atom is -0.497 e. The Balaban J connectivity index is 1.77. The minimum atomic E-state index is -4.26. The van der Waals surface area contributed by atoms with Gasteiger partial charge >= 0.3 is 16.1 Å². The zero-order valence-corrected chi connectivity index (χ0v) is 23.3. The minimum absolute atomic E-state index is 0.0747. The standard InChI is InChI=1S/C25H18Br2N2O7S/c1-14-3-9-19(10-4-14)37(33,34)36-22-15(11-16(26)13-21(22)27)12-20-23(30)28-25(32)29(24(20)31)17-5-7-18(35-2)8-6-17/h3-13H,1-2H3,(H,28,30,32)/b20-12+. The quantitative estimate of drug-likeness (QED) is 0.228. The summed E-state index contributed by atoms with van der Waals surface area (Å²) >= 11 is 6.61. The zero-order chi connectivity index (χ0) is 26.9. The largest absolute Gasteiger partial charge is 0.497 e. The van der Waals surface area contributed by atoms with E-state index >= 15 is 0 Å². The van der Waals surface area contributed by atoms with Gasteiger partial charge in [0.15, 0.2) is 5.75 Å². The Kier molecular flexibility index (Phi) is 7.53. The van der Waals surface area contributed by atoms with E-state index in [4.69, 9.17) is 8.92 Å². The summed E-state index contributed by atoms with van der Waals surface area (Å²) in [5.41, 5.74) is 0.764. The fourth-order valence-electron chi connectivity index (χ4n) is 3.42. The lowest BCUT2D eigenvalue weighted by Gasteiger charge is -2.26. The highest BCUT2D eigenvalue weighted by Crippen LogP contribution is 2.37. The molecular weight excluding hydrogens is 632 g/mol. The zero-order valence-electron chi connectivity index (χ0n) is 19.3. The van der Waals surface area contributed by atoms with E-state index in [9.17, 15) is 22.8 Å². The summed E-state index contributed by atoms with van der Waals surface area (Å²) in [5, 5.41) is 2.13. The van der Waals surface area contributed by atoms with Crippen LogP contribution in [-0.2, 0) is 19.7 Å². The number of methoxy groups -OCH3 is 1. The highest BCUT2D eigenvalue weighted by atomic mass is 79.9. The van der Waals surface area contributed by atoms with Crippen LogP contribution in [0.15, 0.2) is 80.1 Å². The number of carbonyl (C=O) groups is 3. The molecule has 0 aliphatic carbocycles. The number of nitrogens with zero attached hydrogens (tertiary/aromatic N) is 1. The average molecular weight is 650 g/mol. The molecule has 3 aromatic carbocycles. The molecule has 9 nitrogen and oxygen atoms in total. The molecule has 0 spiro atoms. The van der Waals surface area contributed by atoms with Crippen LogP contribution in [0.2, 0.25) is 0 Å². The number of hydrogen-bond donors (Lipinski definition) is 1. The maximum Gasteiger partial charge on any atom is 0.339 e. The van der Waals surface area contributed by atoms with Gasteiger partial charge in [0.25, 0.3) is 11.8 Å². The van der Waals surface area contributed by atoms with Crippen LogP contribution < -0.4 is 19.1 Å². The first kappa shape index (κ1) is 26.6. The van der Waals surface area contributed by atoms with E-state index in [1.807, 2.05) is 6.92 Å². The van der Waals surface area contributed by atoms with Crippen molar-refractivity contribution in [2.24, 2.45) is 0 Å². The molecule has 0 atom stereocenters. The molecule has 3 aromatic rings. The highest BCUT2D eigenvalue weighted by Gasteiger charge is 2.37. The number of amides is 4. The molecule has 1 N–H and O–H groups in total. The van der Waals surface area contributed by atoms with Gasteiger partial charge in [0.2, 0.25) is 0 Å². The smallest absolute Gasteiger partial charge is 0.339 e. The van der Waals surface area contributed by atoms with Crippen molar-refractivity contribution in [3.05, 3.63) is 86.3 Å². The van der Waals surface area contributed by atoms with E-state index < -0.39 is 33.5 Å². The molecule has 0 radical (unpaired) electrons. The number of aryl methyl sites for hydroxylation is 1. The first-order valence-electron chi connectivity index (χ1n) is 10.6. The van der Waals surface area contributed by atoms with Crippen LogP contribution in [0.4, 0.5) is 10.5 Å². The van der Waals surface area contributed by atoms with Crippen LogP contribution >= 0.6 is 31.9 Å². The highest BCUT2D eigenvalue weighted by molar-refractivity contribution is 9.11. The van der Waals surface area contributed by atoms with Crippen LogP contribution in [0, 0.1) is 6.92 Å². The van der Waals surface area contributed by atoms with E-state index in [0.717, 1.165) is 16.5 Å². The number of rotatable bonds is 6. The molecule has 1 heterocycles. The molecular formula is C25H18Br2N2O7S. The second-order valence-corrected chi connectivity index (χ2v) is 11.1. The van der Waals surface area contributed by atoms with E-state index in [2.05, 4.69) is 37.2 Å². The molecule has 0 bridgehead atoms. The van der Waals surface area contributed by atoms with E-state index in [1.54, 1.807) is 30.3 Å². The second-order valence-electron chi connectivity index (χ2n) is 7.81. The number of barbiturate groups is 1. The van der Waals surface area contributed by atoms with Gasteiger partial charge in [-0.25, -0.2) is 9.69 Å². The lowest BCUT2D eigenvalue weighted by molar-refractivity contribution is -0.122. The number of imide groups is 2. The van der Waals surface area contributed by atoms with Crippen molar-refractivity contribution >= 4 is 71.6 Å². The number of anilines is 1. The summed E-state index contributed by atoms with van der Waals surface area (Å²) in [7, 11) is -2.79. The Hall–Kier alpha value is -3.48. The van der Waals surface area contributed by atoms with Gasteiger partial charge in [-0.1, -0.05) is 33.6 Å². The van der Waals surface area contributed by atoms with Crippen LogP contribution in [-0.4, -0.2) is 33.4 Å². The average Bonchev–Trinajstić information content (AvgIpc) is 2.84. The molecule has 190 valence electrons. The van der Waals surface area contributed by atoms with E-state index in [1.165, 1.54) is 37.4 Å². The van der Waals surface area contributed by atoms with Crippen LogP contribution in [0.25, 0.3) is 6.08 Å². The molecule has 0 unspecified atom stereocenters. The van der Waals surface area contributed by atoms with Crippen molar-refractivity contribution in [3.63, 3.8) is 0 Å². The third kappa shape index (κ3) is 5.60. The van der Waals surface area contributed by atoms with Crippen molar-refractivity contribution in [2.45, 2.75) is 11.8 Å². The topological polar surface area (TPSA) is 119 Å². The molecule has 37 heavy (non-hydrogen) atoms. The maximum absolute atomic E-state index is 13.3. The first-order valence-corrected chi connectivity index (χ1v) is 13.6. The number of hydrogen-bond acceptors (Lipinski definition) is 7. The Labute approximate surface area is 229 Å². The number of urea groups is 1. The van der Waals surface area contributed by atoms with Gasteiger partial charge in [0.1, 0.15) is 16.2 Å². The van der Waals surface area contributed by atoms with Crippen molar-refractivity contribution < 1.29 is 31.7 Å². The first-order chi connectivity index (χ1) is 17.5. The third-order valence-corrected chi connectivity index (χ3v) is 7.55. The number of halogens is 2. The van der Waals surface area contributed by atoms with Gasteiger partial charge in [-0.3, -0.25) is 14.9 Å². The van der Waals surface area contributed by atoms with Crippen molar-refractivity contribution in [3.8, 4) is 11.5 Å². The lowest BCUT2D eigenvalue weighted by atomic mass is 10.1. The second kappa shape index (κ2) is 10.5. The molecule has 1 aliphatic heterocycles. The maximum atomic E-state index is 13.3. The molecule has 4 rings (SSSR count). The molecule has 0 aromatic heterocycles. The molecule has 4 amide bonds. The van der Waals surface area contributed by atoms with Gasteiger partial charge in [0.05, 0.1) is 17.3 Å². The fourth-order valence-corrected chi connectivity index (χ4v) is 5.83. The molecule has 0 saturated carbocycles. The fraction of sp³-hybridized carbons (Fsp3) is 0.0800. The summed E-state index contributed by atoms with van der Waals surface area (Å²) in [6.07, 6.45) is 1.16. The van der Waals surface area contributed by atoms with Crippen LogP contribution in [0.3, 0.4) is 0 Å². The van der Waals surface area contributed by atoms with Gasteiger partial charge in [-0.2, -0.15) is 8.42 Å². The number of ether oxygens (including phenoxy) is 1. The Morgan fingerprint density at radius 2 is 1.59 bits per heavy atom. The van der Waals surface area contributed by atoms with Gasteiger partial charge < -0.3 is 8.92 Å². The molecule has 1 aliphatic rings. The Morgan fingerprint density at radius 1 is 0.946 bits per heavy atom. The summed E-state index contributed by atoms with van der Waals surface area (Å²) in [6, 6.07) is 14.3. The summed E-state index contributed by atoms with van der Waals surface area (Å²) in [4.78, 5) is 39.2. The van der Waals surface area contributed by atoms with Crippen molar-refractivity contribution in [1.29, 1.82) is 0 Å². The van der Waals surface area contributed by atoms with Gasteiger partial charge in [-0.05, 0) is 77.5 Å². The predicted molar refractivity (Wildman–Crippen MR) is 143 cm³/mol. The number of carbonyl (C=O) groups excluding carboxylic acids is 3. The van der Waals surface area contributed by atoms with Crippen molar-refractivity contribution in [1.82, 2.24) is 5.32 Å². The van der Waals surface area contributed by atoms with Gasteiger partial charge in [-0.15, -0.1) is 0 Å². The molecule has 12 heteroatoms. The Bertz CT molecular complexity index is 1550. The van der Waals surface area contributed by atoms with Crippen molar-refractivity contribution in [2.75, 3.05) is 12.0 Å². The lowest BCUT2D eigenvalue weighted by Crippen LogP contribution is -2.54. The third-order valence-electron chi connectivity index (χ3n) is 5.27.